The van der Waals surface area contributed by atoms with E-state index in [1.807, 2.05) is 54.6 Å². The Morgan fingerprint density at radius 1 is 1.04 bits per heavy atom. The van der Waals surface area contributed by atoms with Crippen LogP contribution in [0.1, 0.15) is 16.8 Å². The summed E-state index contributed by atoms with van der Waals surface area (Å²) >= 11 is 0. The zero-order valence-corrected chi connectivity index (χ0v) is 13.6. The second-order valence-corrected chi connectivity index (χ2v) is 5.07. The average molecular weight is 345 g/mol. The third-order valence-electron chi connectivity index (χ3n) is 3.40. The van der Waals surface area contributed by atoms with Crippen molar-refractivity contribution in [3.8, 4) is 11.6 Å². The highest BCUT2D eigenvalue weighted by Crippen LogP contribution is 2.22. The summed E-state index contributed by atoms with van der Waals surface area (Å²) < 4.78 is 5.73. The Morgan fingerprint density at radius 2 is 1.75 bits per heavy atom. The Morgan fingerprint density at radius 3 is 2.38 bits per heavy atom. The fourth-order valence-electron chi connectivity index (χ4n) is 2.21. The third kappa shape index (κ3) is 4.33. The number of rotatable bonds is 6. The molecule has 0 spiro atoms. The van der Waals surface area contributed by atoms with Crippen molar-refractivity contribution >= 4 is 18.4 Å². The van der Waals surface area contributed by atoms with E-state index in [0.717, 1.165) is 16.9 Å². The van der Waals surface area contributed by atoms with Gasteiger partial charge in [-0.2, -0.15) is 4.98 Å². The van der Waals surface area contributed by atoms with Crippen LogP contribution in [0.15, 0.2) is 59.7 Å². The molecular formula is C17H17ClN4O2. The average Bonchev–Trinajstić information content (AvgIpc) is 2.95. The molecular weight excluding hydrogens is 328 g/mol. The van der Waals surface area contributed by atoms with Crippen molar-refractivity contribution in [1.82, 2.24) is 9.97 Å². The highest BCUT2D eigenvalue weighted by atomic mass is 35.5. The van der Waals surface area contributed by atoms with E-state index in [2.05, 4.69) is 15.1 Å². The van der Waals surface area contributed by atoms with Crippen LogP contribution in [0.3, 0.4) is 0 Å². The van der Waals surface area contributed by atoms with E-state index in [1.54, 1.807) is 0 Å². The fraction of sp³-hybridized carbons (Fsp3) is 0.118. The predicted molar refractivity (Wildman–Crippen MR) is 92.3 cm³/mol. The van der Waals surface area contributed by atoms with E-state index in [9.17, 15) is 5.11 Å². The molecule has 0 amide bonds. The van der Waals surface area contributed by atoms with Crippen LogP contribution in [-0.2, 0) is 13.0 Å². The molecule has 1 aromatic heterocycles. The maximum absolute atomic E-state index is 9.68. The molecule has 0 aliphatic carbocycles. The van der Waals surface area contributed by atoms with Gasteiger partial charge in [0.1, 0.15) is 12.4 Å². The van der Waals surface area contributed by atoms with Crippen LogP contribution < -0.4 is 4.74 Å². The molecule has 0 fully saturated rings. The quantitative estimate of drug-likeness (QED) is 0.579. The minimum atomic E-state index is -0.125. The second kappa shape index (κ2) is 8.12. The first kappa shape index (κ1) is 17.5. The van der Waals surface area contributed by atoms with E-state index in [1.165, 1.54) is 0 Å². The fourth-order valence-corrected chi connectivity index (χ4v) is 2.21. The number of ether oxygens (including phenoxy) is 1. The number of aromatic nitrogens is 2. The Balaban J connectivity index is 0.00000208. The number of imidazole rings is 1. The van der Waals surface area contributed by atoms with Gasteiger partial charge in [0.25, 0.3) is 0 Å². The second-order valence-electron chi connectivity index (χ2n) is 5.07. The van der Waals surface area contributed by atoms with E-state index in [0.29, 0.717) is 18.7 Å². The molecule has 3 N–H and O–H groups in total. The number of nitrogens with zero attached hydrogens (tertiary/aromatic N) is 2. The van der Waals surface area contributed by atoms with Crippen molar-refractivity contribution in [2.24, 2.45) is 5.11 Å². The van der Waals surface area contributed by atoms with Gasteiger partial charge in [-0.1, -0.05) is 42.5 Å². The first-order chi connectivity index (χ1) is 11.2. The largest absolute Gasteiger partial charge is 0.492 e. The lowest BCUT2D eigenvalue weighted by atomic mass is 10.1. The number of aromatic hydroxyl groups is 1. The molecule has 0 saturated carbocycles. The highest BCUT2D eigenvalue weighted by Gasteiger charge is 2.09. The zero-order chi connectivity index (χ0) is 16.1. The van der Waals surface area contributed by atoms with Gasteiger partial charge in [-0.15, -0.1) is 17.5 Å². The number of halogens is 1. The number of hydrogen-bond donors (Lipinski definition) is 3. The van der Waals surface area contributed by atoms with Crippen molar-refractivity contribution in [1.29, 1.82) is 5.53 Å². The zero-order valence-electron chi connectivity index (χ0n) is 12.8. The first-order valence-corrected chi connectivity index (χ1v) is 7.15. The monoisotopic (exact) mass is 344 g/mol. The van der Waals surface area contributed by atoms with Crippen LogP contribution >= 0.6 is 12.4 Å². The molecule has 0 bridgehead atoms. The van der Waals surface area contributed by atoms with Gasteiger partial charge in [-0.25, -0.2) is 5.53 Å². The molecule has 0 radical (unpaired) electrons. The number of hydrogen-bond acceptors (Lipinski definition) is 5. The van der Waals surface area contributed by atoms with Gasteiger partial charge in [0.05, 0.1) is 5.69 Å². The maximum Gasteiger partial charge on any atom is 0.249 e. The van der Waals surface area contributed by atoms with Crippen LogP contribution in [0.4, 0.5) is 5.95 Å². The molecule has 6 nitrogen and oxygen atoms in total. The van der Waals surface area contributed by atoms with Crippen LogP contribution in [0.5, 0.6) is 11.6 Å². The van der Waals surface area contributed by atoms with Crippen LogP contribution in [0.25, 0.3) is 0 Å². The lowest BCUT2D eigenvalue weighted by molar-refractivity contribution is 0.306. The van der Waals surface area contributed by atoms with E-state index >= 15 is 0 Å². The predicted octanol–water partition coefficient (Wildman–Crippen LogP) is 4.37. The Kier molecular flexibility index (Phi) is 5.92. The van der Waals surface area contributed by atoms with E-state index in [-0.39, 0.29) is 24.2 Å². The van der Waals surface area contributed by atoms with E-state index < -0.39 is 0 Å². The number of aromatic amines is 1. The molecule has 7 heteroatoms. The molecule has 0 atom stereocenters. The normalized spacial score (nSPS) is 10.0. The van der Waals surface area contributed by atoms with Gasteiger partial charge < -0.3 is 14.8 Å². The van der Waals surface area contributed by atoms with Crippen molar-refractivity contribution in [2.75, 3.05) is 0 Å². The lowest BCUT2D eigenvalue weighted by Crippen LogP contribution is -1.95. The maximum atomic E-state index is 9.68. The van der Waals surface area contributed by atoms with Gasteiger partial charge >= 0.3 is 0 Å². The number of H-pyrrole nitrogens is 1. The van der Waals surface area contributed by atoms with Crippen molar-refractivity contribution in [2.45, 2.75) is 13.0 Å². The minimum absolute atomic E-state index is 0. The Hall–Kier alpha value is -2.86. The third-order valence-corrected chi connectivity index (χ3v) is 3.40. The summed E-state index contributed by atoms with van der Waals surface area (Å²) in [7, 11) is 0. The van der Waals surface area contributed by atoms with Crippen molar-refractivity contribution in [3.63, 3.8) is 0 Å². The minimum Gasteiger partial charge on any atom is -0.492 e. The molecule has 24 heavy (non-hydrogen) atoms. The Labute approximate surface area is 145 Å². The van der Waals surface area contributed by atoms with Crippen LogP contribution in [-0.4, -0.2) is 15.1 Å². The van der Waals surface area contributed by atoms with E-state index in [4.69, 9.17) is 10.3 Å². The molecule has 0 unspecified atom stereocenters. The summed E-state index contributed by atoms with van der Waals surface area (Å²) in [4.78, 5) is 6.52. The van der Waals surface area contributed by atoms with Gasteiger partial charge in [0.15, 0.2) is 0 Å². The van der Waals surface area contributed by atoms with Gasteiger partial charge in [-0.3, -0.25) is 0 Å². The summed E-state index contributed by atoms with van der Waals surface area (Å²) in [6, 6.07) is 17.6. The molecule has 0 saturated heterocycles. The van der Waals surface area contributed by atoms with Crippen LogP contribution in [0, 0.1) is 5.53 Å². The standard InChI is InChI=1S/C17H16N4O2.ClH/c18-21-17-19-15(16(22)20-17)10-12-6-8-14(9-7-12)23-11-13-4-2-1-3-5-13;/h1-9,18,22H,10-11H2,(H,19,20);1H. The SMILES string of the molecule is Cl.N=Nc1nc(O)c(Cc2ccc(OCc3ccccc3)cc2)[nH]1. The molecule has 3 rings (SSSR count). The van der Waals surface area contributed by atoms with Gasteiger partial charge in [0, 0.05) is 6.42 Å². The number of benzene rings is 2. The summed E-state index contributed by atoms with van der Waals surface area (Å²) in [5.74, 6) is 0.758. The molecule has 124 valence electrons. The molecule has 2 aromatic carbocycles. The van der Waals surface area contributed by atoms with Crippen LogP contribution in [0.2, 0.25) is 0 Å². The topological polar surface area (TPSA) is 94.3 Å². The summed E-state index contributed by atoms with van der Waals surface area (Å²) in [5, 5.41) is 12.8. The molecule has 1 heterocycles. The lowest BCUT2D eigenvalue weighted by Gasteiger charge is -2.07. The highest BCUT2D eigenvalue weighted by molar-refractivity contribution is 5.85. The summed E-state index contributed by atoms with van der Waals surface area (Å²) in [6.07, 6.45) is 0.479. The molecule has 0 aliphatic rings. The van der Waals surface area contributed by atoms with Crippen molar-refractivity contribution < 1.29 is 9.84 Å². The Bertz CT molecular complexity index is 788. The first-order valence-electron chi connectivity index (χ1n) is 7.15. The molecule has 0 aliphatic heterocycles. The summed E-state index contributed by atoms with van der Waals surface area (Å²) in [5.41, 5.74) is 9.53. The van der Waals surface area contributed by atoms with Crippen molar-refractivity contribution in [3.05, 3.63) is 71.4 Å². The van der Waals surface area contributed by atoms with Gasteiger partial charge in [-0.05, 0) is 23.3 Å². The summed E-state index contributed by atoms with van der Waals surface area (Å²) in [6.45, 7) is 0.524. The molecule has 3 aromatic rings. The number of nitrogens with one attached hydrogen (secondary N) is 2. The smallest absolute Gasteiger partial charge is 0.249 e. The van der Waals surface area contributed by atoms with Gasteiger partial charge in [0.2, 0.25) is 11.8 Å².